The second-order valence-corrected chi connectivity index (χ2v) is 8.33. The number of aromatic nitrogens is 6. The van der Waals surface area contributed by atoms with E-state index in [2.05, 4.69) is 35.7 Å². The number of H-pyrrole nitrogens is 1. The molecule has 34 heavy (non-hydrogen) atoms. The molecule has 6 rings (SSSR count). The van der Waals surface area contributed by atoms with Crippen molar-refractivity contribution in [2.75, 3.05) is 17.7 Å². The first-order valence-electron chi connectivity index (χ1n) is 11.0. The van der Waals surface area contributed by atoms with Crippen molar-refractivity contribution in [3.05, 3.63) is 67.0 Å². The monoisotopic (exact) mass is 454 g/mol. The third-order valence-electron chi connectivity index (χ3n) is 6.19. The number of anilines is 2. The van der Waals surface area contributed by atoms with Crippen LogP contribution in [0.5, 0.6) is 0 Å². The van der Waals surface area contributed by atoms with E-state index in [1.165, 1.54) is 0 Å². The van der Waals surface area contributed by atoms with Gasteiger partial charge in [0.15, 0.2) is 0 Å². The fourth-order valence-electron chi connectivity index (χ4n) is 4.23. The van der Waals surface area contributed by atoms with Gasteiger partial charge in [0.2, 0.25) is 5.95 Å². The Kier molecular flexibility index (Phi) is 4.92. The molecule has 0 aromatic carbocycles. The second kappa shape index (κ2) is 8.23. The highest BCUT2D eigenvalue weighted by Crippen LogP contribution is 2.30. The third-order valence-corrected chi connectivity index (χ3v) is 6.19. The number of ether oxygens (including phenoxy) is 1. The SMILES string of the molecule is COC1CC(Nc2ncc3c(-c4ccn5ncc(C(=O)Nc6cccnc6)c5c4)c[nH]c3n2)C1. The van der Waals surface area contributed by atoms with Crippen molar-refractivity contribution < 1.29 is 9.53 Å². The van der Waals surface area contributed by atoms with E-state index in [0.717, 1.165) is 35.0 Å². The number of methoxy groups -OCH3 is 1. The predicted molar refractivity (Wildman–Crippen MR) is 128 cm³/mol. The number of hydrogen-bond acceptors (Lipinski definition) is 7. The van der Waals surface area contributed by atoms with Gasteiger partial charge < -0.3 is 20.4 Å². The predicted octanol–water partition coefficient (Wildman–Crippen LogP) is 3.51. The Morgan fingerprint density at radius 1 is 1.24 bits per heavy atom. The molecule has 170 valence electrons. The largest absolute Gasteiger partial charge is 0.381 e. The fraction of sp³-hybridized carbons (Fsp3) is 0.208. The summed E-state index contributed by atoms with van der Waals surface area (Å²) >= 11 is 0. The lowest BCUT2D eigenvalue weighted by molar-refractivity contribution is 0.0327. The van der Waals surface area contributed by atoms with Crippen LogP contribution in [0.1, 0.15) is 23.2 Å². The average molecular weight is 454 g/mol. The molecule has 10 nitrogen and oxygen atoms in total. The summed E-state index contributed by atoms with van der Waals surface area (Å²) in [4.78, 5) is 29.3. The molecule has 0 saturated heterocycles. The molecule has 0 spiro atoms. The standard InChI is InChI=1S/C24H22N8O2/c1-34-17-8-16(9-17)30-24-27-12-19-18(11-26-22(19)31-24)14-4-6-32-21(7-14)20(13-28-32)23(33)29-15-3-2-5-25-10-15/h2-7,10-13,16-17H,8-9H2,1H3,(H,29,33)(H2,26,27,30,31). The van der Waals surface area contributed by atoms with Crippen LogP contribution in [0.3, 0.4) is 0 Å². The molecule has 5 aromatic heterocycles. The molecule has 5 heterocycles. The first-order chi connectivity index (χ1) is 16.7. The Labute approximate surface area is 194 Å². The van der Waals surface area contributed by atoms with Gasteiger partial charge in [-0.25, -0.2) is 9.50 Å². The molecule has 1 amide bonds. The zero-order valence-electron chi connectivity index (χ0n) is 18.4. The van der Waals surface area contributed by atoms with Gasteiger partial charge in [-0.05, 0) is 42.7 Å². The number of hydrogen-bond donors (Lipinski definition) is 3. The number of pyridine rings is 2. The number of nitrogens with one attached hydrogen (secondary N) is 3. The van der Waals surface area contributed by atoms with Crippen molar-refractivity contribution in [3.8, 4) is 11.1 Å². The zero-order valence-corrected chi connectivity index (χ0v) is 18.4. The van der Waals surface area contributed by atoms with Crippen LogP contribution < -0.4 is 10.6 Å². The summed E-state index contributed by atoms with van der Waals surface area (Å²) in [6.07, 6.45) is 12.6. The second-order valence-electron chi connectivity index (χ2n) is 8.33. The van der Waals surface area contributed by atoms with Crippen molar-refractivity contribution in [2.45, 2.75) is 25.0 Å². The minimum Gasteiger partial charge on any atom is -0.381 e. The van der Waals surface area contributed by atoms with Crippen molar-refractivity contribution in [1.29, 1.82) is 0 Å². The molecule has 0 aliphatic heterocycles. The van der Waals surface area contributed by atoms with E-state index < -0.39 is 0 Å². The lowest BCUT2D eigenvalue weighted by atomic mass is 9.89. The van der Waals surface area contributed by atoms with E-state index in [-0.39, 0.29) is 5.91 Å². The number of fused-ring (bicyclic) bond motifs is 2. The summed E-state index contributed by atoms with van der Waals surface area (Å²) in [5.41, 5.74) is 4.43. The summed E-state index contributed by atoms with van der Waals surface area (Å²) in [5.74, 6) is 0.353. The topological polar surface area (TPSA) is 122 Å². The minimum atomic E-state index is -0.246. The van der Waals surface area contributed by atoms with Gasteiger partial charge in [0.05, 0.1) is 35.3 Å². The molecular weight excluding hydrogens is 432 g/mol. The maximum atomic E-state index is 12.9. The Morgan fingerprint density at radius 3 is 2.97 bits per heavy atom. The van der Waals surface area contributed by atoms with Crippen LogP contribution in [0.25, 0.3) is 27.7 Å². The van der Waals surface area contributed by atoms with E-state index in [9.17, 15) is 4.79 Å². The van der Waals surface area contributed by atoms with Gasteiger partial charge in [0.1, 0.15) is 5.65 Å². The molecule has 1 aliphatic rings. The zero-order chi connectivity index (χ0) is 23.1. The molecule has 5 aromatic rings. The first-order valence-corrected chi connectivity index (χ1v) is 11.0. The minimum absolute atomic E-state index is 0.246. The molecule has 0 radical (unpaired) electrons. The van der Waals surface area contributed by atoms with Gasteiger partial charge in [-0.2, -0.15) is 10.1 Å². The number of aromatic amines is 1. The van der Waals surface area contributed by atoms with E-state index in [1.54, 1.807) is 42.3 Å². The smallest absolute Gasteiger partial charge is 0.259 e. The molecule has 10 heteroatoms. The molecule has 0 unspecified atom stereocenters. The van der Waals surface area contributed by atoms with Gasteiger partial charge >= 0.3 is 0 Å². The van der Waals surface area contributed by atoms with Crippen LogP contribution in [0, 0.1) is 0 Å². The van der Waals surface area contributed by atoms with Crippen LogP contribution in [-0.2, 0) is 4.74 Å². The highest BCUT2D eigenvalue weighted by atomic mass is 16.5. The van der Waals surface area contributed by atoms with Crippen LogP contribution >= 0.6 is 0 Å². The number of amides is 1. The number of rotatable bonds is 6. The number of carbonyl (C=O) groups excluding carboxylic acids is 1. The Balaban J connectivity index is 1.28. The highest BCUT2D eigenvalue weighted by Gasteiger charge is 2.29. The summed E-state index contributed by atoms with van der Waals surface area (Å²) < 4.78 is 7.01. The molecule has 0 bridgehead atoms. The Bertz CT molecular complexity index is 1490. The lowest BCUT2D eigenvalue weighted by Gasteiger charge is -2.34. The van der Waals surface area contributed by atoms with Crippen molar-refractivity contribution in [2.24, 2.45) is 0 Å². The molecule has 1 aliphatic carbocycles. The molecule has 3 N–H and O–H groups in total. The van der Waals surface area contributed by atoms with Crippen molar-refractivity contribution in [1.82, 2.24) is 29.5 Å². The Hall–Kier alpha value is -4.31. The average Bonchev–Trinajstić information content (AvgIpc) is 3.45. The normalized spacial score (nSPS) is 17.6. The van der Waals surface area contributed by atoms with Gasteiger partial charge in [-0.15, -0.1) is 0 Å². The maximum Gasteiger partial charge on any atom is 0.259 e. The maximum absolute atomic E-state index is 12.9. The van der Waals surface area contributed by atoms with E-state index in [0.29, 0.717) is 34.9 Å². The summed E-state index contributed by atoms with van der Waals surface area (Å²) in [5, 5.41) is 11.4. The third kappa shape index (κ3) is 3.63. The summed E-state index contributed by atoms with van der Waals surface area (Å²) in [6, 6.07) is 7.79. The molecule has 1 fully saturated rings. The number of carbonyl (C=O) groups is 1. The van der Waals surface area contributed by atoms with E-state index >= 15 is 0 Å². The van der Waals surface area contributed by atoms with Crippen LogP contribution in [0.2, 0.25) is 0 Å². The highest BCUT2D eigenvalue weighted by molar-refractivity contribution is 6.09. The molecular formula is C24H22N8O2. The van der Waals surface area contributed by atoms with Gasteiger partial charge in [0, 0.05) is 48.9 Å². The number of nitrogens with zero attached hydrogens (tertiary/aromatic N) is 5. The lowest BCUT2D eigenvalue weighted by Crippen LogP contribution is -2.40. The molecule has 0 atom stereocenters. The van der Waals surface area contributed by atoms with Gasteiger partial charge in [0.25, 0.3) is 5.91 Å². The van der Waals surface area contributed by atoms with Crippen molar-refractivity contribution >= 4 is 34.1 Å². The fourth-order valence-corrected chi connectivity index (χ4v) is 4.23. The van der Waals surface area contributed by atoms with Crippen LogP contribution in [0.4, 0.5) is 11.6 Å². The van der Waals surface area contributed by atoms with Crippen molar-refractivity contribution in [3.63, 3.8) is 0 Å². The van der Waals surface area contributed by atoms with Crippen LogP contribution in [0.15, 0.2) is 61.4 Å². The summed E-state index contributed by atoms with van der Waals surface area (Å²) in [7, 11) is 1.74. The Morgan fingerprint density at radius 2 is 2.15 bits per heavy atom. The molecule has 1 saturated carbocycles. The van der Waals surface area contributed by atoms with E-state index in [1.807, 2.05) is 30.7 Å². The quantitative estimate of drug-likeness (QED) is 0.359. The van der Waals surface area contributed by atoms with E-state index in [4.69, 9.17) is 4.74 Å². The van der Waals surface area contributed by atoms with Gasteiger partial charge in [-0.3, -0.25) is 9.78 Å². The summed E-state index contributed by atoms with van der Waals surface area (Å²) in [6.45, 7) is 0. The van der Waals surface area contributed by atoms with Gasteiger partial charge in [-0.1, -0.05) is 0 Å². The van der Waals surface area contributed by atoms with Crippen LogP contribution in [-0.4, -0.2) is 54.7 Å². The first kappa shape index (κ1) is 20.3.